The molecule has 0 spiro atoms. The highest BCUT2D eigenvalue weighted by Gasteiger charge is 2.51. The van der Waals surface area contributed by atoms with Crippen LogP contribution in [0.2, 0.25) is 0 Å². The number of nitrogens with one attached hydrogen (secondary N) is 2. The monoisotopic (exact) mass is 348 g/mol. The molecule has 2 amide bonds. The fraction of sp³-hybridized carbons (Fsp3) is 0.471. The highest BCUT2D eigenvalue weighted by molar-refractivity contribution is 7.14. The number of carboxylic acids is 1. The summed E-state index contributed by atoms with van der Waals surface area (Å²) in [4.78, 5) is 37.7. The molecule has 2 aliphatic carbocycles. The van der Waals surface area contributed by atoms with E-state index in [-0.39, 0.29) is 17.7 Å². The highest BCUT2D eigenvalue weighted by atomic mass is 32.1. The van der Waals surface area contributed by atoms with Crippen molar-refractivity contribution >= 4 is 29.1 Å². The first kappa shape index (κ1) is 16.7. The van der Waals surface area contributed by atoms with Crippen LogP contribution in [0.3, 0.4) is 0 Å². The molecule has 0 aromatic carbocycles. The number of allylic oxidation sites excluding steroid dienone is 2. The lowest BCUT2D eigenvalue weighted by molar-refractivity contribution is -0.148. The minimum Gasteiger partial charge on any atom is -0.481 e. The predicted octanol–water partition coefficient (Wildman–Crippen LogP) is 1.90. The maximum absolute atomic E-state index is 12.4. The van der Waals surface area contributed by atoms with Crippen molar-refractivity contribution in [3.05, 3.63) is 33.5 Å². The van der Waals surface area contributed by atoms with Gasteiger partial charge in [0, 0.05) is 4.88 Å². The number of carbonyl (C=O) groups is 3. The maximum Gasteiger partial charge on any atom is 0.307 e. The van der Waals surface area contributed by atoms with Gasteiger partial charge in [-0.3, -0.25) is 25.2 Å². The Morgan fingerprint density at radius 1 is 1.21 bits per heavy atom. The standard InChI is InChI=1S/C17H20N2O4S/c1-3-11-8(2)6-12(24-11)15(20)18-19-16(21)13-9-4-5-10(7-9)14(13)17(22)23/h4-6,9-10,13-14H,3,7H2,1-2H3,(H,18,20)(H,19,21)(H,22,23). The molecular weight excluding hydrogens is 328 g/mol. The Labute approximate surface area is 143 Å². The van der Waals surface area contributed by atoms with Crippen LogP contribution in [0.5, 0.6) is 0 Å². The Morgan fingerprint density at radius 3 is 2.46 bits per heavy atom. The molecule has 128 valence electrons. The van der Waals surface area contributed by atoms with E-state index in [1.165, 1.54) is 11.3 Å². The third-order valence-corrected chi connectivity index (χ3v) is 6.29. The van der Waals surface area contributed by atoms with Gasteiger partial charge in [0.05, 0.1) is 16.7 Å². The van der Waals surface area contributed by atoms with Crippen molar-refractivity contribution in [2.24, 2.45) is 23.7 Å². The van der Waals surface area contributed by atoms with Crippen molar-refractivity contribution in [2.45, 2.75) is 26.7 Å². The van der Waals surface area contributed by atoms with Gasteiger partial charge in [0.25, 0.3) is 5.91 Å². The van der Waals surface area contributed by atoms with Gasteiger partial charge in [0.1, 0.15) is 0 Å². The van der Waals surface area contributed by atoms with E-state index < -0.39 is 23.7 Å². The molecule has 7 heteroatoms. The molecule has 3 rings (SSSR count). The second-order valence-corrected chi connectivity index (χ2v) is 7.49. The Morgan fingerprint density at radius 2 is 1.88 bits per heavy atom. The molecule has 3 N–H and O–H groups in total. The van der Waals surface area contributed by atoms with E-state index in [1.807, 2.05) is 26.0 Å². The average Bonchev–Trinajstić information content (AvgIpc) is 3.25. The fourth-order valence-electron chi connectivity index (χ4n) is 3.76. The minimum atomic E-state index is -0.959. The van der Waals surface area contributed by atoms with Crippen LogP contribution in [0.4, 0.5) is 0 Å². The largest absolute Gasteiger partial charge is 0.481 e. The summed E-state index contributed by atoms with van der Waals surface area (Å²) in [6, 6.07) is 1.80. The van der Waals surface area contributed by atoms with Crippen molar-refractivity contribution in [3.8, 4) is 0 Å². The summed E-state index contributed by atoms with van der Waals surface area (Å²) in [5.74, 6) is -3.27. The van der Waals surface area contributed by atoms with E-state index in [2.05, 4.69) is 10.9 Å². The van der Waals surface area contributed by atoms with Gasteiger partial charge in [-0.05, 0) is 43.2 Å². The molecule has 24 heavy (non-hydrogen) atoms. The van der Waals surface area contributed by atoms with Crippen molar-refractivity contribution < 1.29 is 19.5 Å². The number of amides is 2. The van der Waals surface area contributed by atoms with Gasteiger partial charge < -0.3 is 5.11 Å². The lowest BCUT2D eigenvalue weighted by Crippen LogP contribution is -2.48. The van der Waals surface area contributed by atoms with E-state index in [1.54, 1.807) is 6.07 Å². The summed E-state index contributed by atoms with van der Waals surface area (Å²) in [6.07, 6.45) is 5.33. The van der Waals surface area contributed by atoms with E-state index in [0.29, 0.717) is 11.3 Å². The van der Waals surface area contributed by atoms with Gasteiger partial charge in [0.15, 0.2) is 0 Å². The lowest BCUT2D eigenvalue weighted by Gasteiger charge is -2.23. The number of rotatable bonds is 4. The van der Waals surface area contributed by atoms with E-state index in [9.17, 15) is 19.5 Å². The van der Waals surface area contributed by atoms with E-state index in [4.69, 9.17) is 0 Å². The number of hydrogen-bond donors (Lipinski definition) is 3. The van der Waals surface area contributed by atoms with Gasteiger partial charge in [-0.2, -0.15) is 0 Å². The average molecular weight is 348 g/mol. The SMILES string of the molecule is CCc1sc(C(=O)NNC(=O)C2C3C=CC(C3)C2C(=O)O)cc1C. The molecule has 2 aliphatic rings. The highest BCUT2D eigenvalue weighted by Crippen LogP contribution is 2.48. The Hall–Kier alpha value is -2.15. The number of thiophene rings is 1. The van der Waals surface area contributed by atoms with Crippen LogP contribution in [0.1, 0.15) is 33.5 Å². The summed E-state index contributed by atoms with van der Waals surface area (Å²) in [7, 11) is 0. The number of hydrazine groups is 1. The molecule has 0 radical (unpaired) electrons. The van der Waals surface area contributed by atoms with Crippen molar-refractivity contribution in [3.63, 3.8) is 0 Å². The summed E-state index contributed by atoms with van der Waals surface area (Å²) in [5, 5.41) is 9.37. The second kappa shape index (κ2) is 6.39. The summed E-state index contributed by atoms with van der Waals surface area (Å²) < 4.78 is 0. The van der Waals surface area contributed by atoms with Crippen molar-refractivity contribution in [1.82, 2.24) is 10.9 Å². The smallest absolute Gasteiger partial charge is 0.307 e. The summed E-state index contributed by atoms with van der Waals surface area (Å²) in [5.41, 5.74) is 5.88. The van der Waals surface area contributed by atoms with Crippen LogP contribution in [0.15, 0.2) is 18.2 Å². The van der Waals surface area contributed by atoms with Gasteiger partial charge in [-0.15, -0.1) is 11.3 Å². The fourth-order valence-corrected chi connectivity index (χ4v) is 4.77. The van der Waals surface area contributed by atoms with Crippen molar-refractivity contribution in [2.75, 3.05) is 0 Å². The van der Waals surface area contributed by atoms with E-state index >= 15 is 0 Å². The van der Waals surface area contributed by atoms with Crippen LogP contribution in [-0.2, 0) is 16.0 Å². The zero-order chi connectivity index (χ0) is 17.4. The van der Waals surface area contributed by atoms with Crippen LogP contribution in [-0.4, -0.2) is 22.9 Å². The number of carboxylic acid groups (broad SMARTS) is 1. The summed E-state index contributed by atoms with van der Waals surface area (Å²) >= 11 is 1.40. The number of fused-ring (bicyclic) bond motifs is 2. The Bertz CT molecular complexity index is 724. The second-order valence-electron chi connectivity index (χ2n) is 6.35. The summed E-state index contributed by atoms with van der Waals surface area (Å²) in [6.45, 7) is 3.97. The van der Waals surface area contributed by atoms with Gasteiger partial charge in [-0.1, -0.05) is 19.1 Å². The van der Waals surface area contributed by atoms with Crippen LogP contribution < -0.4 is 10.9 Å². The van der Waals surface area contributed by atoms with Gasteiger partial charge >= 0.3 is 5.97 Å². The third kappa shape index (κ3) is 2.84. The maximum atomic E-state index is 12.4. The third-order valence-electron chi connectivity index (χ3n) is 4.91. The molecule has 4 unspecified atom stereocenters. The van der Waals surface area contributed by atoms with E-state index in [0.717, 1.165) is 16.9 Å². The molecule has 6 nitrogen and oxygen atoms in total. The molecule has 0 aliphatic heterocycles. The number of carbonyl (C=O) groups excluding carboxylic acids is 2. The van der Waals surface area contributed by atoms with Crippen LogP contribution in [0, 0.1) is 30.6 Å². The minimum absolute atomic E-state index is 0.0660. The molecular formula is C17H20N2O4S. The first-order chi connectivity index (χ1) is 11.4. The molecule has 1 heterocycles. The van der Waals surface area contributed by atoms with Crippen LogP contribution in [0.25, 0.3) is 0 Å². The number of aliphatic carboxylic acids is 1. The first-order valence-electron chi connectivity index (χ1n) is 8.03. The zero-order valence-corrected chi connectivity index (χ0v) is 14.4. The normalized spacial score (nSPS) is 27.2. The number of aryl methyl sites for hydroxylation is 2. The molecule has 1 aromatic heterocycles. The van der Waals surface area contributed by atoms with Crippen molar-refractivity contribution in [1.29, 1.82) is 0 Å². The van der Waals surface area contributed by atoms with Gasteiger partial charge in [0.2, 0.25) is 5.91 Å². The topological polar surface area (TPSA) is 95.5 Å². The number of hydrogen-bond acceptors (Lipinski definition) is 4. The molecule has 1 fully saturated rings. The molecule has 1 aromatic rings. The predicted molar refractivity (Wildman–Crippen MR) is 89.4 cm³/mol. The van der Waals surface area contributed by atoms with Gasteiger partial charge in [-0.25, -0.2) is 0 Å². The molecule has 0 saturated heterocycles. The first-order valence-corrected chi connectivity index (χ1v) is 8.84. The van der Waals surface area contributed by atoms with Crippen LogP contribution >= 0.6 is 11.3 Å². The quantitative estimate of drug-likeness (QED) is 0.572. The lowest BCUT2D eigenvalue weighted by atomic mass is 9.82. The molecule has 2 bridgehead atoms. The molecule has 4 atom stereocenters. The Kier molecular flexibility index (Phi) is 4.45. The molecule has 1 saturated carbocycles. The zero-order valence-electron chi connectivity index (χ0n) is 13.5. The Balaban J connectivity index is 1.64.